The van der Waals surface area contributed by atoms with Crippen LogP contribution in [0, 0.1) is 0 Å². The highest BCUT2D eigenvalue weighted by Crippen LogP contribution is 2.17. The minimum absolute atomic E-state index is 0.670. The molecule has 1 fully saturated rings. The van der Waals surface area contributed by atoms with E-state index >= 15 is 0 Å². The molecule has 0 saturated carbocycles. The van der Waals surface area contributed by atoms with Gasteiger partial charge in [0, 0.05) is 30.9 Å². The molecule has 0 unspecified atom stereocenters. The molecule has 2 heterocycles. The molecule has 1 aromatic heterocycles. The fourth-order valence-electron chi connectivity index (χ4n) is 2.15. The zero-order valence-corrected chi connectivity index (χ0v) is 10.1. The molecule has 0 bridgehead atoms. The van der Waals surface area contributed by atoms with Gasteiger partial charge in [-0.2, -0.15) is 0 Å². The van der Waals surface area contributed by atoms with Gasteiger partial charge in [-0.25, -0.2) is 9.97 Å². The normalized spacial score (nSPS) is 17.8. The number of hydrogen-bond acceptors (Lipinski definition) is 4. The van der Waals surface area contributed by atoms with Crippen molar-refractivity contribution in [1.29, 1.82) is 0 Å². The van der Waals surface area contributed by atoms with E-state index in [1.807, 2.05) is 7.05 Å². The first-order valence-electron chi connectivity index (χ1n) is 6.06. The van der Waals surface area contributed by atoms with E-state index in [1.165, 1.54) is 12.8 Å². The molecule has 1 aliphatic rings. The van der Waals surface area contributed by atoms with Gasteiger partial charge in [0.15, 0.2) is 0 Å². The van der Waals surface area contributed by atoms with Crippen LogP contribution in [-0.2, 0) is 6.42 Å². The molecule has 0 radical (unpaired) electrons. The van der Waals surface area contributed by atoms with Crippen LogP contribution in [0.5, 0.6) is 0 Å². The molecule has 1 N–H and O–H groups in total. The molecule has 4 heteroatoms. The molecule has 1 saturated heterocycles. The molecular formula is C12H20N4. The lowest BCUT2D eigenvalue weighted by atomic mass is 10.1. The van der Waals surface area contributed by atoms with Gasteiger partial charge in [0.25, 0.3) is 0 Å². The van der Waals surface area contributed by atoms with Crippen molar-refractivity contribution in [2.75, 3.05) is 25.0 Å². The summed E-state index contributed by atoms with van der Waals surface area (Å²) in [7, 11) is 2.04. The van der Waals surface area contributed by atoms with Crippen molar-refractivity contribution in [2.45, 2.75) is 32.2 Å². The number of nitrogens with one attached hydrogen (secondary N) is 1. The second kappa shape index (κ2) is 5.25. The fraction of sp³-hybridized carbons (Fsp3) is 0.667. The lowest BCUT2D eigenvalue weighted by molar-refractivity contribution is 0.440. The molecule has 88 valence electrons. The second-order valence-electron chi connectivity index (χ2n) is 4.27. The predicted octanol–water partition coefficient (Wildman–Crippen LogP) is 1.23. The summed E-state index contributed by atoms with van der Waals surface area (Å²) in [5, 5.41) is 3.34. The first-order valence-corrected chi connectivity index (χ1v) is 6.06. The van der Waals surface area contributed by atoms with Gasteiger partial charge in [-0.1, -0.05) is 6.92 Å². The van der Waals surface area contributed by atoms with E-state index in [-0.39, 0.29) is 0 Å². The third kappa shape index (κ3) is 2.50. The maximum Gasteiger partial charge on any atom is 0.132 e. The number of hydrogen-bond donors (Lipinski definition) is 1. The molecule has 0 atom stereocenters. The van der Waals surface area contributed by atoms with Gasteiger partial charge in [-0.3, -0.25) is 0 Å². The Balaban J connectivity index is 2.02. The molecule has 2 rings (SSSR count). The van der Waals surface area contributed by atoms with Crippen LogP contribution in [0.3, 0.4) is 0 Å². The van der Waals surface area contributed by atoms with Crippen molar-refractivity contribution in [3.63, 3.8) is 0 Å². The highest BCUT2D eigenvalue weighted by Gasteiger charge is 2.18. The van der Waals surface area contributed by atoms with Gasteiger partial charge in [0.1, 0.15) is 12.1 Å². The number of nitrogens with zero attached hydrogens (tertiary/aromatic N) is 3. The van der Waals surface area contributed by atoms with Crippen LogP contribution in [0.25, 0.3) is 0 Å². The molecule has 4 nitrogen and oxygen atoms in total. The average Bonchev–Trinajstić information content (AvgIpc) is 2.39. The van der Waals surface area contributed by atoms with Crippen molar-refractivity contribution in [3.8, 4) is 0 Å². The fourth-order valence-corrected chi connectivity index (χ4v) is 2.15. The zero-order valence-electron chi connectivity index (χ0n) is 10.1. The highest BCUT2D eigenvalue weighted by molar-refractivity contribution is 5.39. The van der Waals surface area contributed by atoms with E-state index in [0.717, 1.165) is 31.0 Å². The number of anilines is 1. The molecule has 16 heavy (non-hydrogen) atoms. The zero-order chi connectivity index (χ0) is 11.4. The number of aromatic nitrogens is 2. The maximum absolute atomic E-state index is 4.36. The summed E-state index contributed by atoms with van der Waals surface area (Å²) < 4.78 is 0. The molecule has 0 aliphatic carbocycles. The van der Waals surface area contributed by atoms with Crippen LogP contribution in [0.2, 0.25) is 0 Å². The Morgan fingerprint density at radius 1 is 1.38 bits per heavy atom. The van der Waals surface area contributed by atoms with Crippen LogP contribution in [0.4, 0.5) is 5.82 Å². The van der Waals surface area contributed by atoms with Gasteiger partial charge < -0.3 is 10.2 Å². The van der Waals surface area contributed by atoms with Crippen molar-refractivity contribution < 1.29 is 0 Å². The third-order valence-electron chi connectivity index (χ3n) is 3.30. The molecule has 1 aliphatic heterocycles. The average molecular weight is 220 g/mol. The summed E-state index contributed by atoms with van der Waals surface area (Å²) in [5.74, 6) is 1.08. The smallest absolute Gasteiger partial charge is 0.132 e. The van der Waals surface area contributed by atoms with Crippen molar-refractivity contribution in [2.24, 2.45) is 0 Å². The monoisotopic (exact) mass is 220 g/mol. The Labute approximate surface area is 97.1 Å². The molecule has 0 aromatic carbocycles. The molecule has 0 amide bonds. The second-order valence-corrected chi connectivity index (χ2v) is 4.27. The Bertz CT molecular complexity index is 332. The first kappa shape index (κ1) is 11.3. The maximum atomic E-state index is 4.36. The van der Waals surface area contributed by atoms with Crippen LogP contribution >= 0.6 is 0 Å². The largest absolute Gasteiger partial charge is 0.356 e. The van der Waals surface area contributed by atoms with Crippen LogP contribution in [-0.4, -0.2) is 36.1 Å². The molecule has 0 spiro atoms. The number of rotatable bonds is 3. The van der Waals surface area contributed by atoms with Gasteiger partial charge in [0.2, 0.25) is 0 Å². The summed E-state index contributed by atoms with van der Waals surface area (Å²) in [6, 6.07) is 2.78. The number of piperidine rings is 1. The highest BCUT2D eigenvalue weighted by atomic mass is 15.2. The minimum atomic E-state index is 0.670. The van der Waals surface area contributed by atoms with E-state index in [0.29, 0.717) is 6.04 Å². The van der Waals surface area contributed by atoms with Crippen LogP contribution in [0.1, 0.15) is 25.5 Å². The summed E-state index contributed by atoms with van der Waals surface area (Å²) in [4.78, 5) is 10.9. The third-order valence-corrected chi connectivity index (χ3v) is 3.30. The van der Waals surface area contributed by atoms with Crippen LogP contribution < -0.4 is 10.2 Å². The lowest BCUT2D eigenvalue weighted by Crippen LogP contribution is -2.41. The Morgan fingerprint density at radius 2 is 2.12 bits per heavy atom. The summed E-state index contributed by atoms with van der Waals surface area (Å²) in [6.45, 7) is 4.30. The SMILES string of the molecule is CCc1cc(N2CCC(NC)CC2)ncn1. The quantitative estimate of drug-likeness (QED) is 0.832. The Morgan fingerprint density at radius 3 is 2.75 bits per heavy atom. The van der Waals surface area contributed by atoms with E-state index < -0.39 is 0 Å². The van der Waals surface area contributed by atoms with Gasteiger partial charge >= 0.3 is 0 Å². The van der Waals surface area contributed by atoms with Crippen molar-refractivity contribution >= 4 is 5.82 Å². The summed E-state index contributed by atoms with van der Waals surface area (Å²) >= 11 is 0. The summed E-state index contributed by atoms with van der Waals surface area (Å²) in [5.41, 5.74) is 1.13. The van der Waals surface area contributed by atoms with E-state index in [1.54, 1.807) is 6.33 Å². The lowest BCUT2D eigenvalue weighted by Gasteiger charge is -2.32. The Hall–Kier alpha value is -1.16. The van der Waals surface area contributed by atoms with Gasteiger partial charge in [-0.05, 0) is 26.3 Å². The minimum Gasteiger partial charge on any atom is -0.356 e. The molecular weight excluding hydrogens is 200 g/mol. The molecule has 1 aromatic rings. The van der Waals surface area contributed by atoms with Crippen molar-refractivity contribution in [3.05, 3.63) is 18.1 Å². The first-order chi connectivity index (χ1) is 7.83. The van der Waals surface area contributed by atoms with E-state index in [9.17, 15) is 0 Å². The Kier molecular flexibility index (Phi) is 3.72. The number of aryl methyl sites for hydroxylation is 1. The standard InChI is InChI=1S/C12H20N4/c1-3-10-8-12(15-9-14-10)16-6-4-11(13-2)5-7-16/h8-9,11,13H,3-7H2,1-2H3. The van der Waals surface area contributed by atoms with Crippen LogP contribution in [0.15, 0.2) is 12.4 Å². The van der Waals surface area contributed by atoms with Gasteiger partial charge in [-0.15, -0.1) is 0 Å². The van der Waals surface area contributed by atoms with E-state index in [4.69, 9.17) is 0 Å². The predicted molar refractivity (Wildman–Crippen MR) is 65.7 cm³/mol. The summed E-state index contributed by atoms with van der Waals surface area (Å²) in [6.07, 6.45) is 5.05. The van der Waals surface area contributed by atoms with Gasteiger partial charge in [0.05, 0.1) is 0 Å². The van der Waals surface area contributed by atoms with Crippen molar-refractivity contribution in [1.82, 2.24) is 15.3 Å². The topological polar surface area (TPSA) is 41.0 Å². The van der Waals surface area contributed by atoms with E-state index in [2.05, 4.69) is 33.2 Å².